The van der Waals surface area contributed by atoms with Crippen LogP contribution in [-0.2, 0) is 13.1 Å². The van der Waals surface area contributed by atoms with Crippen molar-refractivity contribution in [2.75, 3.05) is 7.05 Å². The fraction of sp³-hybridized carbons (Fsp3) is 0.231. The number of H-pyrrole nitrogens is 1. The van der Waals surface area contributed by atoms with Crippen LogP contribution in [0.2, 0.25) is 0 Å². The summed E-state index contributed by atoms with van der Waals surface area (Å²) in [6.45, 7) is 1.41. The molecule has 3 heterocycles. The Hall–Kier alpha value is -1.92. The van der Waals surface area contributed by atoms with Gasteiger partial charge in [0, 0.05) is 18.9 Å². The van der Waals surface area contributed by atoms with Crippen LogP contribution < -0.4 is 10.9 Å². The van der Waals surface area contributed by atoms with Crippen molar-refractivity contribution in [1.82, 2.24) is 19.9 Å². The molecular weight excluding hydrogens is 260 g/mol. The van der Waals surface area contributed by atoms with E-state index >= 15 is 0 Å². The van der Waals surface area contributed by atoms with Gasteiger partial charge >= 0.3 is 0 Å². The summed E-state index contributed by atoms with van der Waals surface area (Å²) in [5.41, 5.74) is 1.92. The minimum absolute atomic E-state index is 0.0578. The first-order valence-corrected chi connectivity index (χ1v) is 6.90. The van der Waals surface area contributed by atoms with Crippen LogP contribution in [0.25, 0.3) is 10.2 Å². The standard InChI is InChI=1S/C13H14N4OS/c1-14-6-9-2-4-17(7-9)8-11-15-10-3-5-19-12(10)13(18)16-11/h2-5,7,14H,6,8H2,1H3,(H,15,16,18). The highest BCUT2D eigenvalue weighted by atomic mass is 32.1. The summed E-state index contributed by atoms with van der Waals surface area (Å²) in [6, 6.07) is 3.93. The van der Waals surface area contributed by atoms with Crippen molar-refractivity contribution in [1.29, 1.82) is 0 Å². The quantitative estimate of drug-likeness (QED) is 0.759. The lowest BCUT2D eigenvalue weighted by molar-refractivity contribution is 0.742. The smallest absolute Gasteiger partial charge is 0.268 e. The van der Waals surface area contributed by atoms with Crippen LogP contribution in [0.1, 0.15) is 11.4 Å². The maximum atomic E-state index is 11.9. The van der Waals surface area contributed by atoms with E-state index in [1.54, 1.807) is 0 Å². The molecule has 19 heavy (non-hydrogen) atoms. The zero-order valence-electron chi connectivity index (χ0n) is 10.5. The van der Waals surface area contributed by atoms with Crippen LogP contribution in [0.15, 0.2) is 34.7 Å². The van der Waals surface area contributed by atoms with Gasteiger partial charge in [0.2, 0.25) is 0 Å². The highest BCUT2D eigenvalue weighted by Crippen LogP contribution is 2.14. The fourth-order valence-corrected chi connectivity index (χ4v) is 2.79. The van der Waals surface area contributed by atoms with Gasteiger partial charge < -0.3 is 14.9 Å². The van der Waals surface area contributed by atoms with Crippen LogP contribution in [0, 0.1) is 0 Å². The van der Waals surface area contributed by atoms with E-state index in [0.29, 0.717) is 17.1 Å². The second-order valence-electron chi connectivity index (χ2n) is 4.37. The molecule has 2 N–H and O–H groups in total. The molecule has 0 radical (unpaired) electrons. The van der Waals surface area contributed by atoms with Gasteiger partial charge in [-0.1, -0.05) is 0 Å². The number of aromatic amines is 1. The first kappa shape index (κ1) is 12.1. The highest BCUT2D eigenvalue weighted by Gasteiger charge is 2.05. The van der Waals surface area contributed by atoms with Crippen LogP contribution in [0.4, 0.5) is 0 Å². The molecule has 3 rings (SSSR count). The molecule has 0 spiro atoms. The molecular formula is C13H14N4OS. The van der Waals surface area contributed by atoms with Crippen molar-refractivity contribution in [3.05, 3.63) is 51.6 Å². The Morgan fingerprint density at radius 1 is 1.47 bits per heavy atom. The number of thiophene rings is 1. The second-order valence-corrected chi connectivity index (χ2v) is 5.29. The zero-order chi connectivity index (χ0) is 13.2. The number of nitrogens with zero attached hydrogens (tertiary/aromatic N) is 2. The Balaban J connectivity index is 1.89. The van der Waals surface area contributed by atoms with Crippen LogP contribution in [0.3, 0.4) is 0 Å². The lowest BCUT2D eigenvalue weighted by Crippen LogP contribution is -2.12. The van der Waals surface area contributed by atoms with Crippen molar-refractivity contribution in [3.63, 3.8) is 0 Å². The fourth-order valence-electron chi connectivity index (χ4n) is 2.07. The predicted octanol–water partition coefficient (Wildman–Crippen LogP) is 1.55. The van der Waals surface area contributed by atoms with Crippen molar-refractivity contribution in [3.8, 4) is 0 Å². The monoisotopic (exact) mass is 274 g/mol. The Morgan fingerprint density at radius 3 is 3.21 bits per heavy atom. The van der Waals surface area contributed by atoms with Gasteiger partial charge in [-0.25, -0.2) is 4.98 Å². The SMILES string of the molecule is CNCc1ccn(Cc2nc3ccsc3c(=O)[nH]2)c1. The van der Waals surface area contributed by atoms with Gasteiger partial charge in [-0.3, -0.25) is 4.79 Å². The topological polar surface area (TPSA) is 62.7 Å². The molecule has 0 amide bonds. The van der Waals surface area contributed by atoms with Gasteiger partial charge in [-0.2, -0.15) is 0 Å². The number of aromatic nitrogens is 3. The van der Waals surface area contributed by atoms with E-state index in [9.17, 15) is 4.79 Å². The number of fused-ring (bicyclic) bond motifs is 1. The molecule has 0 atom stereocenters. The van der Waals surface area contributed by atoms with E-state index in [0.717, 1.165) is 12.1 Å². The van der Waals surface area contributed by atoms with Crippen LogP contribution in [-0.4, -0.2) is 21.6 Å². The molecule has 0 aliphatic heterocycles. The Kier molecular flexibility index (Phi) is 3.18. The summed E-state index contributed by atoms with van der Waals surface area (Å²) >= 11 is 1.42. The summed E-state index contributed by atoms with van der Waals surface area (Å²) in [6.07, 6.45) is 4.04. The molecule has 3 aromatic rings. The van der Waals surface area contributed by atoms with Gasteiger partial charge in [-0.15, -0.1) is 11.3 Å². The van der Waals surface area contributed by atoms with E-state index in [4.69, 9.17) is 0 Å². The van der Waals surface area contributed by atoms with E-state index in [-0.39, 0.29) is 5.56 Å². The highest BCUT2D eigenvalue weighted by molar-refractivity contribution is 7.17. The summed E-state index contributed by atoms with van der Waals surface area (Å²) in [5.74, 6) is 0.683. The predicted molar refractivity (Wildman–Crippen MR) is 76.5 cm³/mol. The van der Waals surface area contributed by atoms with Gasteiger partial charge in [0.1, 0.15) is 10.5 Å². The number of rotatable bonds is 4. The average Bonchev–Trinajstić information content (AvgIpc) is 2.99. The third-order valence-corrected chi connectivity index (χ3v) is 3.79. The van der Waals surface area contributed by atoms with Crippen molar-refractivity contribution in [2.45, 2.75) is 13.1 Å². The van der Waals surface area contributed by atoms with Gasteiger partial charge in [0.05, 0.1) is 12.1 Å². The van der Waals surface area contributed by atoms with Gasteiger partial charge in [-0.05, 0) is 30.1 Å². The maximum absolute atomic E-state index is 11.9. The molecule has 98 valence electrons. The third kappa shape index (κ3) is 2.45. The first-order valence-electron chi connectivity index (χ1n) is 6.02. The molecule has 0 unspecified atom stereocenters. The Bertz CT molecular complexity index is 755. The lowest BCUT2D eigenvalue weighted by Gasteiger charge is -2.02. The third-order valence-electron chi connectivity index (χ3n) is 2.89. The largest absolute Gasteiger partial charge is 0.346 e. The molecule has 0 bridgehead atoms. The number of hydrogen-bond acceptors (Lipinski definition) is 4. The van der Waals surface area contributed by atoms with Crippen LogP contribution in [0.5, 0.6) is 0 Å². The number of hydrogen-bond donors (Lipinski definition) is 2. The summed E-state index contributed by atoms with van der Waals surface area (Å²) < 4.78 is 2.70. The molecule has 0 aliphatic carbocycles. The van der Waals surface area contributed by atoms with E-state index in [2.05, 4.69) is 21.4 Å². The van der Waals surface area contributed by atoms with E-state index in [1.807, 2.05) is 35.5 Å². The van der Waals surface area contributed by atoms with Crippen LogP contribution >= 0.6 is 11.3 Å². The summed E-state index contributed by atoms with van der Waals surface area (Å²) in [7, 11) is 1.92. The minimum atomic E-state index is -0.0578. The Labute approximate surface area is 113 Å². The maximum Gasteiger partial charge on any atom is 0.268 e. The number of nitrogens with one attached hydrogen (secondary N) is 2. The molecule has 3 aromatic heterocycles. The molecule has 0 aromatic carbocycles. The minimum Gasteiger partial charge on any atom is -0.346 e. The van der Waals surface area contributed by atoms with Gasteiger partial charge in [0.15, 0.2) is 0 Å². The molecule has 0 saturated heterocycles. The van der Waals surface area contributed by atoms with Crippen molar-refractivity contribution in [2.24, 2.45) is 0 Å². The normalized spacial score (nSPS) is 11.2. The molecule has 6 heteroatoms. The second kappa shape index (κ2) is 4.99. The van der Waals surface area contributed by atoms with E-state index < -0.39 is 0 Å². The lowest BCUT2D eigenvalue weighted by atomic mass is 10.3. The summed E-state index contributed by atoms with van der Waals surface area (Å²) in [4.78, 5) is 19.2. The molecule has 5 nitrogen and oxygen atoms in total. The first-order chi connectivity index (χ1) is 9.26. The molecule has 0 aliphatic rings. The zero-order valence-corrected chi connectivity index (χ0v) is 11.3. The summed E-state index contributed by atoms with van der Waals surface area (Å²) in [5, 5.41) is 4.99. The average molecular weight is 274 g/mol. The van der Waals surface area contributed by atoms with E-state index in [1.165, 1.54) is 16.9 Å². The molecule has 0 fully saturated rings. The van der Waals surface area contributed by atoms with Gasteiger partial charge in [0.25, 0.3) is 5.56 Å². The van der Waals surface area contributed by atoms with Crippen molar-refractivity contribution >= 4 is 21.6 Å². The Morgan fingerprint density at radius 2 is 2.37 bits per heavy atom. The molecule has 0 saturated carbocycles. The van der Waals surface area contributed by atoms with Crippen molar-refractivity contribution < 1.29 is 0 Å².